The molecule has 0 radical (unpaired) electrons. The zero-order chi connectivity index (χ0) is 14.1. The molecule has 0 spiro atoms. The van der Waals surface area contributed by atoms with Crippen LogP contribution in [-0.2, 0) is 0 Å². The SMILES string of the molecule is Cc1cc(C(Cl)CC(C)C(C)(C)C)c(F)cc1F. The third-order valence-corrected chi connectivity index (χ3v) is 4.07. The second-order valence-electron chi connectivity index (χ2n) is 6.09. The smallest absolute Gasteiger partial charge is 0.130 e. The van der Waals surface area contributed by atoms with Crippen molar-refractivity contribution in [1.82, 2.24) is 0 Å². The number of alkyl halides is 1. The highest BCUT2D eigenvalue weighted by molar-refractivity contribution is 6.20. The van der Waals surface area contributed by atoms with Gasteiger partial charge in [-0.05, 0) is 36.3 Å². The number of halogens is 3. The minimum atomic E-state index is -0.556. The molecular weight excluding hydrogens is 254 g/mol. The van der Waals surface area contributed by atoms with E-state index < -0.39 is 17.0 Å². The van der Waals surface area contributed by atoms with E-state index in [1.165, 1.54) is 6.07 Å². The number of hydrogen-bond acceptors (Lipinski definition) is 0. The van der Waals surface area contributed by atoms with Gasteiger partial charge in [0.25, 0.3) is 0 Å². The van der Waals surface area contributed by atoms with E-state index in [1.54, 1.807) is 6.92 Å². The third-order valence-electron chi connectivity index (χ3n) is 3.65. The normalized spacial score (nSPS) is 15.6. The molecule has 0 aliphatic rings. The van der Waals surface area contributed by atoms with E-state index in [0.29, 0.717) is 23.5 Å². The van der Waals surface area contributed by atoms with Crippen LogP contribution >= 0.6 is 11.6 Å². The predicted molar refractivity (Wildman–Crippen MR) is 72.9 cm³/mol. The Morgan fingerprint density at radius 1 is 1.17 bits per heavy atom. The second-order valence-corrected chi connectivity index (χ2v) is 6.62. The summed E-state index contributed by atoms with van der Waals surface area (Å²) in [6.07, 6.45) is 0.674. The van der Waals surface area contributed by atoms with Gasteiger partial charge in [-0.15, -0.1) is 11.6 Å². The van der Waals surface area contributed by atoms with E-state index in [2.05, 4.69) is 27.7 Å². The fraction of sp³-hybridized carbons (Fsp3) is 0.600. The Labute approximate surface area is 113 Å². The lowest BCUT2D eigenvalue weighted by atomic mass is 9.79. The van der Waals surface area contributed by atoms with Crippen molar-refractivity contribution in [3.63, 3.8) is 0 Å². The summed E-state index contributed by atoms with van der Waals surface area (Å²) in [5.74, 6) is -0.729. The van der Waals surface area contributed by atoms with Gasteiger partial charge in [0.2, 0.25) is 0 Å². The Morgan fingerprint density at radius 3 is 2.22 bits per heavy atom. The van der Waals surface area contributed by atoms with Gasteiger partial charge in [-0.3, -0.25) is 0 Å². The summed E-state index contributed by atoms with van der Waals surface area (Å²) in [7, 11) is 0. The molecule has 0 aliphatic carbocycles. The van der Waals surface area contributed by atoms with Crippen molar-refractivity contribution in [2.45, 2.75) is 46.4 Å². The maximum Gasteiger partial charge on any atom is 0.130 e. The van der Waals surface area contributed by atoms with Crippen LogP contribution in [-0.4, -0.2) is 0 Å². The molecule has 0 heterocycles. The highest BCUT2D eigenvalue weighted by Gasteiger charge is 2.25. The topological polar surface area (TPSA) is 0 Å². The van der Waals surface area contributed by atoms with Crippen molar-refractivity contribution >= 4 is 11.6 Å². The van der Waals surface area contributed by atoms with Crippen LogP contribution in [0.4, 0.5) is 8.78 Å². The van der Waals surface area contributed by atoms with Gasteiger partial charge in [0.1, 0.15) is 11.6 Å². The largest absolute Gasteiger partial charge is 0.207 e. The van der Waals surface area contributed by atoms with Crippen molar-refractivity contribution in [1.29, 1.82) is 0 Å². The van der Waals surface area contributed by atoms with Crippen molar-refractivity contribution in [3.05, 3.63) is 34.9 Å². The van der Waals surface area contributed by atoms with Crippen molar-refractivity contribution < 1.29 is 8.78 Å². The number of hydrogen-bond donors (Lipinski definition) is 0. The van der Waals surface area contributed by atoms with E-state index in [9.17, 15) is 8.78 Å². The lowest BCUT2D eigenvalue weighted by Gasteiger charge is -2.29. The molecule has 1 aromatic carbocycles. The minimum Gasteiger partial charge on any atom is -0.207 e. The first kappa shape index (κ1) is 15.4. The highest BCUT2D eigenvalue weighted by atomic mass is 35.5. The molecule has 0 aliphatic heterocycles. The van der Waals surface area contributed by atoms with Crippen LogP contribution in [0.5, 0.6) is 0 Å². The predicted octanol–water partition coefficient (Wildman–Crippen LogP) is 5.63. The zero-order valence-electron chi connectivity index (χ0n) is 11.7. The Morgan fingerprint density at radius 2 is 1.72 bits per heavy atom. The summed E-state index contributed by atoms with van der Waals surface area (Å²) >= 11 is 6.27. The summed E-state index contributed by atoms with van der Waals surface area (Å²) in [6, 6.07) is 2.43. The molecule has 18 heavy (non-hydrogen) atoms. The molecule has 0 nitrogen and oxygen atoms in total. The Kier molecular flexibility index (Phi) is 4.77. The van der Waals surface area contributed by atoms with Crippen molar-refractivity contribution in [2.24, 2.45) is 11.3 Å². The molecule has 0 saturated carbocycles. The third kappa shape index (κ3) is 3.68. The summed E-state index contributed by atoms with van der Waals surface area (Å²) in [4.78, 5) is 0. The van der Waals surface area contributed by atoms with E-state index in [4.69, 9.17) is 11.6 Å². The Bertz CT molecular complexity index is 421. The lowest BCUT2D eigenvalue weighted by molar-refractivity contribution is 0.244. The lowest BCUT2D eigenvalue weighted by Crippen LogP contribution is -2.19. The first-order chi connectivity index (χ1) is 8.12. The number of rotatable bonds is 3. The standard InChI is InChI=1S/C15H21ClF2/c1-9-6-11(14(18)8-13(9)17)12(16)7-10(2)15(3,4)5/h6,8,10,12H,7H2,1-5H3. The molecule has 0 amide bonds. The molecule has 0 saturated heterocycles. The molecule has 102 valence electrons. The van der Waals surface area contributed by atoms with E-state index >= 15 is 0 Å². The number of aryl methyl sites for hydroxylation is 1. The summed E-state index contributed by atoms with van der Waals surface area (Å²) in [6.45, 7) is 10.1. The van der Waals surface area contributed by atoms with Crippen molar-refractivity contribution in [3.8, 4) is 0 Å². The van der Waals surface area contributed by atoms with Crippen molar-refractivity contribution in [2.75, 3.05) is 0 Å². The first-order valence-electron chi connectivity index (χ1n) is 6.22. The molecule has 0 fully saturated rings. The summed E-state index contributed by atoms with van der Waals surface area (Å²) < 4.78 is 26.9. The molecule has 1 rings (SSSR count). The second kappa shape index (κ2) is 5.56. The molecule has 2 atom stereocenters. The van der Waals surface area contributed by atoms with E-state index in [0.717, 1.165) is 6.07 Å². The van der Waals surface area contributed by atoms with Crippen LogP contribution in [0.1, 0.15) is 50.6 Å². The highest BCUT2D eigenvalue weighted by Crippen LogP contribution is 2.37. The minimum absolute atomic E-state index is 0.124. The van der Waals surface area contributed by atoms with E-state index in [1.807, 2.05) is 0 Å². The number of benzene rings is 1. The molecule has 0 N–H and O–H groups in total. The Balaban J connectivity index is 2.91. The average Bonchev–Trinajstić information content (AvgIpc) is 2.21. The maximum absolute atomic E-state index is 13.7. The molecule has 1 aromatic rings. The van der Waals surface area contributed by atoms with Gasteiger partial charge in [0.05, 0.1) is 5.38 Å². The quantitative estimate of drug-likeness (QED) is 0.627. The summed E-state index contributed by atoms with van der Waals surface area (Å²) in [5.41, 5.74) is 0.950. The van der Waals surface area contributed by atoms with Gasteiger partial charge < -0.3 is 0 Å². The fourth-order valence-corrected chi connectivity index (χ4v) is 2.15. The average molecular weight is 275 g/mol. The van der Waals surface area contributed by atoms with Crippen LogP contribution < -0.4 is 0 Å². The van der Waals surface area contributed by atoms with Crippen LogP contribution in [0.3, 0.4) is 0 Å². The molecule has 3 heteroatoms. The Hall–Kier alpha value is -0.630. The zero-order valence-corrected chi connectivity index (χ0v) is 12.4. The van der Waals surface area contributed by atoms with Gasteiger partial charge in [0.15, 0.2) is 0 Å². The molecule has 2 unspecified atom stereocenters. The maximum atomic E-state index is 13.7. The van der Waals surface area contributed by atoms with Gasteiger partial charge in [-0.2, -0.15) is 0 Å². The molecule has 0 bridgehead atoms. The van der Waals surface area contributed by atoms with Crippen LogP contribution in [0.2, 0.25) is 0 Å². The monoisotopic (exact) mass is 274 g/mol. The first-order valence-corrected chi connectivity index (χ1v) is 6.66. The summed E-state index contributed by atoms with van der Waals surface area (Å²) in [5, 5.41) is -0.418. The van der Waals surface area contributed by atoms with Gasteiger partial charge in [-0.1, -0.05) is 27.7 Å². The van der Waals surface area contributed by atoms with Gasteiger partial charge in [0, 0.05) is 11.6 Å². The van der Waals surface area contributed by atoms with E-state index in [-0.39, 0.29) is 5.41 Å². The van der Waals surface area contributed by atoms with Gasteiger partial charge in [-0.25, -0.2) is 8.78 Å². The van der Waals surface area contributed by atoms with Crippen LogP contribution in [0.15, 0.2) is 12.1 Å². The van der Waals surface area contributed by atoms with Crippen LogP contribution in [0.25, 0.3) is 0 Å². The van der Waals surface area contributed by atoms with Gasteiger partial charge >= 0.3 is 0 Å². The van der Waals surface area contributed by atoms with Crippen LogP contribution in [0, 0.1) is 29.9 Å². The molecule has 0 aromatic heterocycles. The fourth-order valence-electron chi connectivity index (χ4n) is 1.71. The molecular formula is C15H21ClF2.